The van der Waals surface area contributed by atoms with E-state index in [-0.39, 0.29) is 11.8 Å². The largest absolute Gasteiger partial charge is 0.398 e. The van der Waals surface area contributed by atoms with Gasteiger partial charge in [0.1, 0.15) is 5.54 Å². The van der Waals surface area contributed by atoms with Gasteiger partial charge in [0.15, 0.2) is 0 Å². The van der Waals surface area contributed by atoms with Crippen molar-refractivity contribution in [1.29, 1.82) is 0 Å². The van der Waals surface area contributed by atoms with Crippen molar-refractivity contribution in [1.82, 2.24) is 10.2 Å². The minimum Gasteiger partial charge on any atom is -0.398 e. The number of rotatable bonds is 1. The first-order chi connectivity index (χ1) is 8.84. The van der Waals surface area contributed by atoms with E-state index in [0.29, 0.717) is 29.4 Å². The number of nitrogens with zero attached hydrogens (tertiary/aromatic N) is 1. The summed E-state index contributed by atoms with van der Waals surface area (Å²) in [7, 11) is 0. The molecule has 0 radical (unpaired) electrons. The Balaban J connectivity index is 2.35. The number of halogens is 1. The van der Waals surface area contributed by atoms with Crippen molar-refractivity contribution in [3.05, 3.63) is 28.8 Å². The molecule has 1 aliphatic heterocycles. The number of carbonyl (C=O) groups is 2. The van der Waals surface area contributed by atoms with Crippen molar-refractivity contribution < 1.29 is 9.59 Å². The molecule has 6 heteroatoms. The van der Waals surface area contributed by atoms with Crippen LogP contribution in [0.3, 0.4) is 0 Å². The molecule has 5 nitrogen and oxygen atoms in total. The van der Waals surface area contributed by atoms with Crippen molar-refractivity contribution in [3.8, 4) is 0 Å². The van der Waals surface area contributed by atoms with E-state index >= 15 is 0 Å². The number of piperazine rings is 1. The highest BCUT2D eigenvalue weighted by atomic mass is 35.5. The number of carbonyl (C=O) groups excluding carboxylic acids is 2. The van der Waals surface area contributed by atoms with Gasteiger partial charge >= 0.3 is 0 Å². The molecule has 0 spiro atoms. The monoisotopic (exact) mass is 281 g/mol. The minimum atomic E-state index is -0.887. The third-order valence-electron chi connectivity index (χ3n) is 3.34. The Morgan fingerprint density at radius 1 is 1.47 bits per heavy atom. The van der Waals surface area contributed by atoms with E-state index < -0.39 is 5.54 Å². The van der Waals surface area contributed by atoms with Gasteiger partial charge in [-0.1, -0.05) is 11.6 Å². The van der Waals surface area contributed by atoms with Crippen LogP contribution in [0, 0.1) is 0 Å². The lowest BCUT2D eigenvalue weighted by molar-refractivity contribution is -0.133. The molecule has 102 valence electrons. The molecule has 0 saturated carbocycles. The molecule has 1 fully saturated rings. The maximum absolute atomic E-state index is 12.5. The molecule has 1 aliphatic rings. The van der Waals surface area contributed by atoms with Gasteiger partial charge in [0.25, 0.3) is 5.91 Å². The third kappa shape index (κ3) is 2.38. The molecule has 0 atom stereocenters. The van der Waals surface area contributed by atoms with Crippen LogP contribution in [0.15, 0.2) is 18.2 Å². The van der Waals surface area contributed by atoms with Gasteiger partial charge in [0.05, 0.1) is 5.56 Å². The number of nitrogens with one attached hydrogen (secondary N) is 1. The highest BCUT2D eigenvalue weighted by Gasteiger charge is 2.41. The Hall–Kier alpha value is -1.75. The maximum Gasteiger partial charge on any atom is 0.256 e. The van der Waals surface area contributed by atoms with Gasteiger partial charge in [-0.25, -0.2) is 0 Å². The zero-order valence-electron chi connectivity index (χ0n) is 10.9. The van der Waals surface area contributed by atoms with Crippen molar-refractivity contribution in [2.75, 3.05) is 18.8 Å². The number of hydrogen-bond acceptors (Lipinski definition) is 3. The average molecular weight is 282 g/mol. The fraction of sp³-hybridized carbons (Fsp3) is 0.385. The summed E-state index contributed by atoms with van der Waals surface area (Å²) in [5.41, 5.74) is 5.62. The average Bonchev–Trinajstić information content (AvgIpc) is 2.32. The minimum absolute atomic E-state index is 0.167. The fourth-order valence-electron chi connectivity index (χ4n) is 2.13. The lowest BCUT2D eigenvalue weighted by Gasteiger charge is -2.41. The van der Waals surface area contributed by atoms with Crippen LogP contribution < -0.4 is 11.1 Å². The molecule has 1 heterocycles. The first-order valence-electron chi connectivity index (χ1n) is 5.99. The quantitative estimate of drug-likeness (QED) is 0.761. The predicted octanol–water partition coefficient (Wildman–Crippen LogP) is 1.27. The zero-order valence-corrected chi connectivity index (χ0v) is 11.6. The predicted molar refractivity (Wildman–Crippen MR) is 74.0 cm³/mol. The Kier molecular flexibility index (Phi) is 3.41. The van der Waals surface area contributed by atoms with Gasteiger partial charge in [-0.15, -0.1) is 0 Å². The van der Waals surface area contributed by atoms with Crippen molar-refractivity contribution >= 4 is 29.1 Å². The SMILES string of the molecule is CC1(C)C(=O)NCCN1C(=O)c1ccc(Cl)cc1N. The van der Waals surface area contributed by atoms with E-state index in [2.05, 4.69) is 5.32 Å². The van der Waals surface area contributed by atoms with E-state index in [1.807, 2.05) is 0 Å². The van der Waals surface area contributed by atoms with E-state index in [1.165, 1.54) is 11.0 Å². The molecule has 3 N–H and O–H groups in total. The number of amides is 2. The number of hydrogen-bond donors (Lipinski definition) is 2. The van der Waals surface area contributed by atoms with Gasteiger partial charge in [0.2, 0.25) is 5.91 Å². The first kappa shape index (κ1) is 13.7. The van der Waals surface area contributed by atoms with E-state index in [9.17, 15) is 9.59 Å². The molecule has 1 saturated heterocycles. The second-order valence-corrected chi connectivity index (χ2v) is 5.44. The topological polar surface area (TPSA) is 75.4 Å². The Bertz CT molecular complexity index is 543. The summed E-state index contributed by atoms with van der Waals surface area (Å²) >= 11 is 5.82. The van der Waals surface area contributed by atoms with Crippen LogP contribution in [-0.2, 0) is 4.79 Å². The summed E-state index contributed by atoms with van der Waals surface area (Å²) in [6.07, 6.45) is 0. The standard InChI is InChI=1S/C13H16ClN3O2/c1-13(2)12(19)16-5-6-17(13)11(18)9-4-3-8(14)7-10(9)15/h3-4,7H,5-6,15H2,1-2H3,(H,16,19). The third-order valence-corrected chi connectivity index (χ3v) is 3.58. The molecule has 1 aromatic rings. The Morgan fingerprint density at radius 2 is 2.16 bits per heavy atom. The van der Waals surface area contributed by atoms with Crippen molar-refractivity contribution in [2.24, 2.45) is 0 Å². The number of nitrogens with two attached hydrogens (primary N) is 1. The van der Waals surface area contributed by atoms with Crippen LogP contribution >= 0.6 is 11.6 Å². The fourth-order valence-corrected chi connectivity index (χ4v) is 2.31. The zero-order chi connectivity index (χ0) is 14.2. The van der Waals surface area contributed by atoms with Gasteiger partial charge < -0.3 is 16.0 Å². The van der Waals surface area contributed by atoms with E-state index in [0.717, 1.165) is 0 Å². The van der Waals surface area contributed by atoms with Crippen LogP contribution in [0.1, 0.15) is 24.2 Å². The van der Waals surface area contributed by atoms with E-state index in [1.54, 1.807) is 26.0 Å². The van der Waals surface area contributed by atoms with Crippen LogP contribution in [0.5, 0.6) is 0 Å². The van der Waals surface area contributed by atoms with Gasteiger partial charge in [-0.2, -0.15) is 0 Å². The molecular formula is C13H16ClN3O2. The Labute approximate surface area is 116 Å². The molecule has 19 heavy (non-hydrogen) atoms. The molecule has 2 amide bonds. The molecule has 2 rings (SSSR count). The number of benzene rings is 1. The highest BCUT2D eigenvalue weighted by molar-refractivity contribution is 6.31. The van der Waals surface area contributed by atoms with E-state index in [4.69, 9.17) is 17.3 Å². The first-order valence-corrected chi connectivity index (χ1v) is 6.37. The number of anilines is 1. The molecular weight excluding hydrogens is 266 g/mol. The summed E-state index contributed by atoms with van der Waals surface area (Å²) < 4.78 is 0. The van der Waals surface area contributed by atoms with Crippen LogP contribution in [-0.4, -0.2) is 35.3 Å². The second-order valence-electron chi connectivity index (χ2n) is 5.00. The highest BCUT2D eigenvalue weighted by Crippen LogP contribution is 2.24. The molecule has 0 aromatic heterocycles. The summed E-state index contributed by atoms with van der Waals surface area (Å²) in [5.74, 6) is -0.423. The lowest BCUT2D eigenvalue weighted by Crippen LogP contribution is -2.63. The summed E-state index contributed by atoms with van der Waals surface area (Å²) in [4.78, 5) is 25.9. The van der Waals surface area contributed by atoms with Gasteiger partial charge in [-0.3, -0.25) is 9.59 Å². The molecule has 0 aliphatic carbocycles. The van der Waals surface area contributed by atoms with Crippen molar-refractivity contribution in [3.63, 3.8) is 0 Å². The van der Waals surface area contributed by atoms with Crippen LogP contribution in [0.25, 0.3) is 0 Å². The Morgan fingerprint density at radius 3 is 2.79 bits per heavy atom. The summed E-state index contributed by atoms with van der Waals surface area (Å²) in [6.45, 7) is 4.33. The lowest BCUT2D eigenvalue weighted by atomic mass is 9.97. The van der Waals surface area contributed by atoms with Gasteiger partial charge in [-0.05, 0) is 32.0 Å². The molecule has 0 unspecified atom stereocenters. The smallest absolute Gasteiger partial charge is 0.256 e. The molecule has 1 aromatic carbocycles. The van der Waals surface area contributed by atoms with Crippen LogP contribution in [0.4, 0.5) is 5.69 Å². The summed E-state index contributed by atoms with van der Waals surface area (Å²) in [5, 5.41) is 3.22. The normalized spacial score (nSPS) is 18.1. The number of nitrogen functional groups attached to an aromatic ring is 1. The van der Waals surface area contributed by atoms with Crippen molar-refractivity contribution in [2.45, 2.75) is 19.4 Å². The summed E-state index contributed by atoms with van der Waals surface area (Å²) in [6, 6.07) is 4.73. The molecule has 0 bridgehead atoms. The van der Waals surface area contributed by atoms with Crippen LogP contribution in [0.2, 0.25) is 5.02 Å². The maximum atomic E-state index is 12.5. The van der Waals surface area contributed by atoms with Gasteiger partial charge in [0, 0.05) is 23.8 Å². The second kappa shape index (κ2) is 4.74.